The van der Waals surface area contributed by atoms with Gasteiger partial charge in [0.1, 0.15) is 6.61 Å². The average molecular weight is 195 g/mol. The highest BCUT2D eigenvalue weighted by atomic mass is 19.3. The topological polar surface area (TPSA) is 32.3 Å². The molecule has 0 aliphatic rings. The van der Waals surface area contributed by atoms with Gasteiger partial charge in [-0.1, -0.05) is 26.7 Å². The second-order valence-corrected chi connectivity index (χ2v) is 3.33. The zero-order valence-electron chi connectivity index (χ0n) is 8.32. The Kier molecular flexibility index (Phi) is 6.16. The molecule has 0 aromatic heterocycles. The van der Waals surface area contributed by atoms with Crippen molar-refractivity contribution >= 4 is 0 Å². The van der Waals surface area contributed by atoms with Gasteiger partial charge in [0.2, 0.25) is 0 Å². The summed E-state index contributed by atoms with van der Waals surface area (Å²) in [7, 11) is 0. The number of hydrogen-bond donors (Lipinski definition) is 2. The first-order valence-corrected chi connectivity index (χ1v) is 4.75. The Balaban J connectivity index is 3.54. The standard InChI is InChI=1S/C9H19F2NO/c1-3-8(4-2)5-12-6-9(10,11)7-13/h8,12-13H,3-7H2,1-2H3. The minimum atomic E-state index is -2.98. The molecule has 0 aliphatic carbocycles. The molecule has 0 saturated carbocycles. The summed E-state index contributed by atoms with van der Waals surface area (Å²) in [5.41, 5.74) is 0. The Labute approximate surface area is 78.3 Å². The third kappa shape index (κ3) is 5.93. The molecule has 0 radical (unpaired) electrons. The Bertz CT molecular complexity index is 127. The van der Waals surface area contributed by atoms with Gasteiger partial charge in [0.05, 0.1) is 6.54 Å². The van der Waals surface area contributed by atoms with Crippen LogP contribution in [0.4, 0.5) is 8.78 Å². The number of hydrogen-bond acceptors (Lipinski definition) is 2. The molecule has 0 saturated heterocycles. The summed E-state index contributed by atoms with van der Waals surface area (Å²) < 4.78 is 25.0. The van der Waals surface area contributed by atoms with Crippen LogP contribution in [-0.4, -0.2) is 30.7 Å². The fourth-order valence-corrected chi connectivity index (χ4v) is 1.09. The molecule has 0 atom stereocenters. The molecule has 2 N–H and O–H groups in total. The van der Waals surface area contributed by atoms with E-state index in [1.807, 2.05) is 13.8 Å². The maximum atomic E-state index is 12.5. The molecule has 0 spiro atoms. The first kappa shape index (κ1) is 12.8. The molecule has 0 heterocycles. The minimum Gasteiger partial charge on any atom is -0.390 e. The highest BCUT2D eigenvalue weighted by molar-refractivity contribution is 4.69. The maximum absolute atomic E-state index is 12.5. The molecule has 0 aromatic carbocycles. The Morgan fingerprint density at radius 1 is 1.31 bits per heavy atom. The van der Waals surface area contributed by atoms with Crippen molar-refractivity contribution < 1.29 is 13.9 Å². The average Bonchev–Trinajstić information content (AvgIpc) is 2.12. The molecule has 0 bridgehead atoms. The first-order valence-electron chi connectivity index (χ1n) is 4.75. The summed E-state index contributed by atoms with van der Waals surface area (Å²) in [6, 6.07) is 0. The quantitative estimate of drug-likeness (QED) is 0.647. The Morgan fingerprint density at radius 2 is 1.85 bits per heavy atom. The molecule has 2 nitrogen and oxygen atoms in total. The van der Waals surface area contributed by atoms with Crippen LogP contribution in [0.3, 0.4) is 0 Å². The predicted molar refractivity (Wildman–Crippen MR) is 49.0 cm³/mol. The summed E-state index contributed by atoms with van der Waals surface area (Å²) in [5.74, 6) is -2.53. The summed E-state index contributed by atoms with van der Waals surface area (Å²) in [6.45, 7) is 3.17. The van der Waals surface area contributed by atoms with Crippen LogP contribution in [-0.2, 0) is 0 Å². The lowest BCUT2D eigenvalue weighted by atomic mass is 10.0. The number of nitrogens with one attached hydrogen (secondary N) is 1. The van der Waals surface area contributed by atoms with Crippen LogP contribution in [0.15, 0.2) is 0 Å². The molecule has 13 heavy (non-hydrogen) atoms. The zero-order valence-corrected chi connectivity index (χ0v) is 8.32. The van der Waals surface area contributed by atoms with Crippen LogP contribution in [0, 0.1) is 5.92 Å². The lowest BCUT2D eigenvalue weighted by Crippen LogP contribution is -2.37. The Morgan fingerprint density at radius 3 is 2.23 bits per heavy atom. The SMILES string of the molecule is CCC(CC)CNCC(F)(F)CO. The minimum absolute atomic E-state index is 0.431. The van der Waals surface area contributed by atoms with Gasteiger partial charge >= 0.3 is 0 Å². The molecule has 80 valence electrons. The molecule has 0 aromatic rings. The van der Waals surface area contributed by atoms with Gasteiger partial charge in [0.25, 0.3) is 5.92 Å². The summed E-state index contributed by atoms with van der Waals surface area (Å²) >= 11 is 0. The lowest BCUT2D eigenvalue weighted by Gasteiger charge is -2.17. The number of aliphatic hydroxyl groups excluding tert-OH is 1. The van der Waals surface area contributed by atoms with Crippen LogP contribution >= 0.6 is 0 Å². The third-order valence-electron chi connectivity index (χ3n) is 2.20. The third-order valence-corrected chi connectivity index (χ3v) is 2.20. The smallest absolute Gasteiger partial charge is 0.282 e. The molecule has 4 heteroatoms. The van der Waals surface area contributed by atoms with Crippen LogP contribution in [0.1, 0.15) is 26.7 Å². The maximum Gasteiger partial charge on any atom is 0.282 e. The lowest BCUT2D eigenvalue weighted by molar-refractivity contribution is -0.0479. The van der Waals surface area contributed by atoms with Gasteiger partial charge in [-0.2, -0.15) is 0 Å². The van der Waals surface area contributed by atoms with Crippen molar-refractivity contribution in [1.29, 1.82) is 0 Å². The summed E-state index contributed by atoms with van der Waals surface area (Å²) in [6.07, 6.45) is 1.99. The molecule has 0 amide bonds. The molecule has 0 aliphatic heterocycles. The van der Waals surface area contributed by atoms with E-state index in [1.54, 1.807) is 0 Å². The zero-order chi connectivity index (χ0) is 10.3. The van der Waals surface area contributed by atoms with Gasteiger partial charge in [-0.25, -0.2) is 8.78 Å². The molecular weight excluding hydrogens is 176 g/mol. The molecular formula is C9H19F2NO. The van der Waals surface area contributed by atoms with Crippen LogP contribution in [0.25, 0.3) is 0 Å². The molecule has 0 rings (SSSR count). The largest absolute Gasteiger partial charge is 0.390 e. The van der Waals surface area contributed by atoms with Crippen molar-refractivity contribution in [2.75, 3.05) is 19.7 Å². The van der Waals surface area contributed by atoms with Gasteiger partial charge in [-0.3, -0.25) is 0 Å². The summed E-state index contributed by atoms with van der Waals surface area (Å²) in [4.78, 5) is 0. The number of halogens is 2. The van der Waals surface area contributed by atoms with E-state index in [9.17, 15) is 8.78 Å². The highest BCUT2D eigenvalue weighted by Gasteiger charge is 2.26. The van der Waals surface area contributed by atoms with Crippen LogP contribution < -0.4 is 5.32 Å². The van der Waals surface area contributed by atoms with Crippen molar-refractivity contribution in [3.8, 4) is 0 Å². The predicted octanol–water partition coefficient (Wildman–Crippen LogP) is 1.64. The van der Waals surface area contributed by atoms with Gasteiger partial charge < -0.3 is 10.4 Å². The van der Waals surface area contributed by atoms with E-state index >= 15 is 0 Å². The monoisotopic (exact) mass is 195 g/mol. The van der Waals surface area contributed by atoms with Crippen molar-refractivity contribution in [2.24, 2.45) is 5.92 Å². The van der Waals surface area contributed by atoms with Crippen molar-refractivity contribution in [3.63, 3.8) is 0 Å². The van der Waals surface area contributed by atoms with Crippen molar-refractivity contribution in [2.45, 2.75) is 32.6 Å². The fourth-order valence-electron chi connectivity index (χ4n) is 1.09. The van der Waals surface area contributed by atoms with Gasteiger partial charge in [-0.15, -0.1) is 0 Å². The van der Waals surface area contributed by atoms with E-state index in [2.05, 4.69) is 5.32 Å². The normalized spacial score (nSPS) is 12.5. The first-order chi connectivity index (χ1) is 6.05. The van der Waals surface area contributed by atoms with E-state index in [0.717, 1.165) is 12.8 Å². The summed E-state index contributed by atoms with van der Waals surface area (Å²) in [5, 5.41) is 11.0. The van der Waals surface area contributed by atoms with Gasteiger partial charge in [0, 0.05) is 0 Å². The van der Waals surface area contributed by atoms with Gasteiger partial charge in [-0.05, 0) is 12.5 Å². The second-order valence-electron chi connectivity index (χ2n) is 3.33. The van der Waals surface area contributed by atoms with Crippen LogP contribution in [0.5, 0.6) is 0 Å². The highest BCUT2D eigenvalue weighted by Crippen LogP contribution is 2.11. The van der Waals surface area contributed by atoms with Crippen LogP contribution in [0.2, 0.25) is 0 Å². The number of rotatable bonds is 7. The van der Waals surface area contributed by atoms with E-state index in [1.165, 1.54) is 0 Å². The van der Waals surface area contributed by atoms with E-state index in [4.69, 9.17) is 5.11 Å². The van der Waals surface area contributed by atoms with Crippen molar-refractivity contribution in [3.05, 3.63) is 0 Å². The van der Waals surface area contributed by atoms with Crippen molar-refractivity contribution in [1.82, 2.24) is 5.32 Å². The molecule has 0 fully saturated rings. The Hall–Kier alpha value is -0.220. The second kappa shape index (κ2) is 6.27. The van der Waals surface area contributed by atoms with E-state index < -0.39 is 19.1 Å². The number of aliphatic hydroxyl groups is 1. The van der Waals surface area contributed by atoms with E-state index in [-0.39, 0.29) is 0 Å². The fraction of sp³-hybridized carbons (Fsp3) is 1.00. The molecule has 0 unspecified atom stereocenters. The number of alkyl halides is 2. The van der Waals surface area contributed by atoms with E-state index in [0.29, 0.717) is 12.5 Å². The van der Waals surface area contributed by atoms with Gasteiger partial charge in [0.15, 0.2) is 0 Å².